The lowest BCUT2D eigenvalue weighted by Gasteiger charge is -2.26. The Bertz CT molecular complexity index is 396. The third-order valence-electron chi connectivity index (χ3n) is 3.35. The second-order valence-corrected chi connectivity index (χ2v) is 4.51. The van der Waals surface area contributed by atoms with Crippen LogP contribution in [0.3, 0.4) is 0 Å². The van der Waals surface area contributed by atoms with Gasteiger partial charge in [-0.1, -0.05) is 0 Å². The van der Waals surface area contributed by atoms with Crippen LogP contribution in [0.15, 0.2) is 0 Å². The van der Waals surface area contributed by atoms with Crippen LogP contribution in [0.2, 0.25) is 0 Å². The highest BCUT2D eigenvalue weighted by molar-refractivity contribution is 5.64. The summed E-state index contributed by atoms with van der Waals surface area (Å²) in [5.41, 5.74) is 7.24. The summed E-state index contributed by atoms with van der Waals surface area (Å²) in [7, 11) is 3.59. The molecule has 3 N–H and O–H groups in total. The Morgan fingerprint density at radius 3 is 2.88 bits per heavy atom. The van der Waals surface area contributed by atoms with Gasteiger partial charge in [0.2, 0.25) is 0 Å². The fraction of sp³-hybridized carbons (Fsp3) is 0.727. The maximum Gasteiger partial charge on any atom is 0.147 e. The summed E-state index contributed by atoms with van der Waals surface area (Å²) < 4.78 is 12.7. The van der Waals surface area contributed by atoms with Crippen LogP contribution >= 0.6 is 0 Å². The van der Waals surface area contributed by atoms with Gasteiger partial charge in [-0.15, -0.1) is 0 Å². The van der Waals surface area contributed by atoms with E-state index in [1.165, 1.54) is 0 Å². The summed E-state index contributed by atoms with van der Waals surface area (Å²) in [6.45, 7) is 3.93. The largest absolute Gasteiger partial charge is 0.394 e. The first kappa shape index (κ1) is 12.2. The first-order valence-corrected chi connectivity index (χ1v) is 5.74. The minimum Gasteiger partial charge on any atom is -0.394 e. The molecular formula is C11H20N4O2. The van der Waals surface area contributed by atoms with Gasteiger partial charge in [-0.05, 0) is 6.92 Å². The van der Waals surface area contributed by atoms with Crippen LogP contribution in [0.5, 0.6) is 0 Å². The second kappa shape index (κ2) is 4.54. The highest BCUT2D eigenvalue weighted by Gasteiger charge is 2.35. The molecule has 1 aromatic heterocycles. The summed E-state index contributed by atoms with van der Waals surface area (Å²) in [6, 6.07) is 0. The molecule has 6 nitrogen and oxygen atoms in total. The maximum atomic E-state index is 5.95. The van der Waals surface area contributed by atoms with Crippen LogP contribution < -0.4 is 11.1 Å². The number of hydrogen-bond acceptors (Lipinski definition) is 5. The topological polar surface area (TPSA) is 74.3 Å². The summed E-state index contributed by atoms with van der Waals surface area (Å²) in [6.07, 6.45) is 0.896. The summed E-state index contributed by atoms with van der Waals surface area (Å²) in [4.78, 5) is 0. The number of nitrogen functional groups attached to an aromatic ring is 1. The zero-order valence-electron chi connectivity index (χ0n) is 10.6. The number of anilines is 2. The Kier molecular flexibility index (Phi) is 3.26. The van der Waals surface area contributed by atoms with E-state index in [1.54, 1.807) is 11.8 Å². The number of aromatic nitrogens is 2. The van der Waals surface area contributed by atoms with E-state index in [0.29, 0.717) is 18.8 Å². The van der Waals surface area contributed by atoms with Gasteiger partial charge < -0.3 is 20.5 Å². The quantitative estimate of drug-likeness (QED) is 0.803. The van der Waals surface area contributed by atoms with E-state index in [9.17, 15) is 0 Å². The molecule has 0 spiro atoms. The normalized spacial score (nSPS) is 24.2. The Hall–Kier alpha value is -1.27. The smallest absolute Gasteiger partial charge is 0.147 e. The minimum absolute atomic E-state index is 0.245. The zero-order valence-corrected chi connectivity index (χ0v) is 10.6. The predicted molar refractivity (Wildman–Crippen MR) is 66.0 cm³/mol. The number of ether oxygens (including phenoxy) is 2. The molecule has 0 aromatic carbocycles. The van der Waals surface area contributed by atoms with Crippen LogP contribution in [0.4, 0.5) is 11.5 Å². The number of rotatable bonds is 4. The van der Waals surface area contributed by atoms with Crippen molar-refractivity contribution in [1.82, 2.24) is 9.78 Å². The lowest BCUT2D eigenvalue weighted by molar-refractivity contribution is -0.00628. The van der Waals surface area contributed by atoms with Crippen LogP contribution in [0, 0.1) is 6.92 Å². The van der Waals surface area contributed by atoms with Crippen LogP contribution in [0.1, 0.15) is 12.1 Å². The predicted octanol–water partition coefficient (Wildman–Crippen LogP) is 0.528. The third-order valence-corrected chi connectivity index (χ3v) is 3.35. The molecule has 0 amide bonds. The van der Waals surface area contributed by atoms with E-state index in [1.807, 2.05) is 14.0 Å². The van der Waals surface area contributed by atoms with Crippen molar-refractivity contribution in [1.29, 1.82) is 0 Å². The molecule has 17 heavy (non-hydrogen) atoms. The molecule has 6 heteroatoms. The fourth-order valence-electron chi connectivity index (χ4n) is 2.09. The average molecular weight is 240 g/mol. The van der Waals surface area contributed by atoms with Gasteiger partial charge in [0.25, 0.3) is 0 Å². The van der Waals surface area contributed by atoms with Gasteiger partial charge >= 0.3 is 0 Å². The van der Waals surface area contributed by atoms with Crippen molar-refractivity contribution in [2.75, 3.05) is 37.9 Å². The monoisotopic (exact) mass is 240 g/mol. The van der Waals surface area contributed by atoms with Gasteiger partial charge in [-0.3, -0.25) is 4.68 Å². The zero-order chi connectivity index (χ0) is 12.5. The van der Waals surface area contributed by atoms with Crippen molar-refractivity contribution in [3.8, 4) is 0 Å². The summed E-state index contributed by atoms with van der Waals surface area (Å²) in [5, 5.41) is 7.57. The molecule has 0 saturated carbocycles. The van der Waals surface area contributed by atoms with Gasteiger partial charge in [-0.2, -0.15) is 5.10 Å². The van der Waals surface area contributed by atoms with E-state index in [0.717, 1.165) is 24.5 Å². The Balaban J connectivity index is 2.06. The highest BCUT2D eigenvalue weighted by atomic mass is 16.5. The molecule has 96 valence electrons. The molecular weight excluding hydrogens is 220 g/mol. The Morgan fingerprint density at radius 1 is 1.65 bits per heavy atom. The summed E-state index contributed by atoms with van der Waals surface area (Å²) in [5.74, 6) is 0.839. The van der Waals surface area contributed by atoms with Crippen LogP contribution in [-0.4, -0.2) is 42.2 Å². The lowest BCUT2D eigenvalue weighted by atomic mass is 10.0. The van der Waals surface area contributed by atoms with Crippen molar-refractivity contribution < 1.29 is 9.47 Å². The van der Waals surface area contributed by atoms with Gasteiger partial charge in [0.15, 0.2) is 0 Å². The van der Waals surface area contributed by atoms with Gasteiger partial charge in [0.05, 0.1) is 18.0 Å². The highest BCUT2D eigenvalue weighted by Crippen LogP contribution is 2.26. The van der Waals surface area contributed by atoms with Crippen LogP contribution in [-0.2, 0) is 16.5 Å². The first-order chi connectivity index (χ1) is 8.08. The van der Waals surface area contributed by atoms with E-state index >= 15 is 0 Å². The second-order valence-electron chi connectivity index (χ2n) is 4.51. The number of nitrogens with zero attached hydrogens (tertiary/aromatic N) is 2. The fourth-order valence-corrected chi connectivity index (χ4v) is 2.09. The Labute approximate surface area is 101 Å². The third kappa shape index (κ3) is 2.23. The molecule has 1 fully saturated rings. The first-order valence-electron chi connectivity index (χ1n) is 5.74. The van der Waals surface area contributed by atoms with E-state index in [-0.39, 0.29) is 5.60 Å². The average Bonchev–Trinajstić information content (AvgIpc) is 2.86. The molecule has 0 radical (unpaired) electrons. The number of aryl methyl sites for hydroxylation is 2. The lowest BCUT2D eigenvalue weighted by Crippen LogP contribution is -2.40. The van der Waals surface area contributed by atoms with Crippen molar-refractivity contribution in [3.63, 3.8) is 0 Å². The van der Waals surface area contributed by atoms with E-state index < -0.39 is 0 Å². The number of nitrogens with one attached hydrogen (secondary N) is 1. The molecule has 0 aliphatic carbocycles. The van der Waals surface area contributed by atoms with Gasteiger partial charge in [-0.25, -0.2) is 0 Å². The van der Waals surface area contributed by atoms with E-state index in [4.69, 9.17) is 15.2 Å². The van der Waals surface area contributed by atoms with Gasteiger partial charge in [0, 0.05) is 33.7 Å². The molecule has 1 atom stereocenters. The van der Waals surface area contributed by atoms with Crippen LogP contribution in [0.25, 0.3) is 0 Å². The molecule has 2 rings (SSSR count). The van der Waals surface area contributed by atoms with Gasteiger partial charge in [0.1, 0.15) is 11.4 Å². The molecule has 1 saturated heterocycles. The van der Waals surface area contributed by atoms with Crippen molar-refractivity contribution >= 4 is 11.5 Å². The van der Waals surface area contributed by atoms with Crippen molar-refractivity contribution in [2.45, 2.75) is 18.9 Å². The molecule has 1 aliphatic rings. The summed E-state index contributed by atoms with van der Waals surface area (Å²) >= 11 is 0. The standard InChI is InChI=1S/C11H20N4O2/c1-8-9(12)10(15(2)14-8)13-6-11(16-3)4-5-17-7-11/h13H,4-7,12H2,1-3H3. The Morgan fingerprint density at radius 2 is 2.41 bits per heavy atom. The number of nitrogens with two attached hydrogens (primary N) is 1. The molecule has 1 unspecified atom stereocenters. The molecule has 1 aromatic rings. The van der Waals surface area contributed by atoms with E-state index in [2.05, 4.69) is 10.4 Å². The number of hydrogen-bond donors (Lipinski definition) is 2. The van der Waals surface area contributed by atoms with Crippen molar-refractivity contribution in [2.24, 2.45) is 7.05 Å². The molecule has 0 bridgehead atoms. The molecule has 1 aliphatic heterocycles. The maximum absolute atomic E-state index is 5.95. The number of methoxy groups -OCH3 is 1. The van der Waals surface area contributed by atoms with Crippen molar-refractivity contribution in [3.05, 3.63) is 5.69 Å². The SMILES string of the molecule is COC1(CNc2c(N)c(C)nn2C)CCOC1. The minimum atomic E-state index is -0.245. The molecule has 2 heterocycles.